The molecule has 2 aromatic carbocycles. The molecule has 2 heterocycles. The normalized spacial score (nSPS) is 15.8. The summed E-state index contributed by atoms with van der Waals surface area (Å²) in [4.78, 5) is 15.6. The van der Waals surface area contributed by atoms with Gasteiger partial charge in [-0.25, -0.2) is 4.98 Å². The lowest BCUT2D eigenvalue weighted by Crippen LogP contribution is -2.44. The number of benzene rings is 2. The summed E-state index contributed by atoms with van der Waals surface area (Å²) in [6, 6.07) is 20.9. The number of carboxylic acids is 1. The lowest BCUT2D eigenvalue weighted by molar-refractivity contribution is -0.136. The van der Waals surface area contributed by atoms with Crippen molar-refractivity contribution in [3.05, 3.63) is 89.1 Å². The predicted molar refractivity (Wildman–Crippen MR) is 128 cm³/mol. The molecule has 0 fully saturated rings. The highest BCUT2D eigenvalue weighted by molar-refractivity contribution is 5.70. The minimum absolute atomic E-state index is 0.0605. The molecule has 6 nitrogen and oxygen atoms in total. The number of aromatic nitrogens is 1. The Morgan fingerprint density at radius 3 is 2.69 bits per heavy atom. The van der Waals surface area contributed by atoms with Gasteiger partial charge in [0.1, 0.15) is 5.82 Å². The molecule has 1 aromatic heterocycles. The van der Waals surface area contributed by atoms with Crippen molar-refractivity contribution >= 4 is 17.5 Å². The number of aliphatic carboxylic acids is 1. The Kier molecular flexibility index (Phi) is 7.02. The van der Waals surface area contributed by atoms with Crippen molar-refractivity contribution < 1.29 is 9.90 Å². The molecule has 0 aliphatic carbocycles. The predicted octanol–water partition coefficient (Wildman–Crippen LogP) is 4.05. The Balaban J connectivity index is 1.48. The minimum Gasteiger partial charge on any atom is -0.481 e. The first-order chi connectivity index (χ1) is 15.6. The number of aryl methyl sites for hydroxylation is 1. The summed E-state index contributed by atoms with van der Waals surface area (Å²) in [6.45, 7) is 3.67. The van der Waals surface area contributed by atoms with Crippen molar-refractivity contribution in [3.63, 3.8) is 0 Å². The fraction of sp³-hybridized carbons (Fsp3) is 0.308. The summed E-state index contributed by atoms with van der Waals surface area (Å²) in [7, 11) is 0. The molecule has 4 rings (SSSR count). The average molecular weight is 431 g/mol. The van der Waals surface area contributed by atoms with Crippen molar-refractivity contribution in [1.29, 1.82) is 0 Å². The number of carboxylic acid groups (broad SMARTS) is 1. The Morgan fingerprint density at radius 1 is 1.12 bits per heavy atom. The van der Waals surface area contributed by atoms with E-state index in [-0.39, 0.29) is 18.5 Å². The SMILES string of the molecule is CCc1cc(CCN[C@H](c2ccccc2)[C@H]2CNc3cccnc3N2)cc(CC(=O)O)c1. The van der Waals surface area contributed by atoms with E-state index in [4.69, 9.17) is 0 Å². The minimum atomic E-state index is -0.795. The van der Waals surface area contributed by atoms with Crippen LogP contribution in [-0.4, -0.2) is 35.2 Å². The Bertz CT molecular complexity index is 1050. The van der Waals surface area contributed by atoms with Gasteiger partial charge in [-0.1, -0.05) is 55.5 Å². The van der Waals surface area contributed by atoms with Crippen LogP contribution in [0.25, 0.3) is 0 Å². The van der Waals surface area contributed by atoms with Gasteiger partial charge in [0.05, 0.1) is 24.2 Å². The Labute approximate surface area is 189 Å². The zero-order valence-corrected chi connectivity index (χ0v) is 18.3. The van der Waals surface area contributed by atoms with Crippen molar-refractivity contribution in [2.45, 2.75) is 38.3 Å². The van der Waals surface area contributed by atoms with Crippen LogP contribution in [0.4, 0.5) is 11.5 Å². The summed E-state index contributed by atoms with van der Waals surface area (Å²) < 4.78 is 0. The number of hydrogen-bond donors (Lipinski definition) is 4. The van der Waals surface area contributed by atoms with Crippen molar-refractivity contribution in [1.82, 2.24) is 10.3 Å². The lowest BCUT2D eigenvalue weighted by Gasteiger charge is -2.34. The molecule has 6 heteroatoms. The molecule has 0 radical (unpaired) electrons. The quantitative estimate of drug-likeness (QED) is 0.410. The molecule has 0 saturated heterocycles. The average Bonchev–Trinajstić information content (AvgIpc) is 2.81. The summed E-state index contributed by atoms with van der Waals surface area (Å²) in [6.07, 6.45) is 3.59. The molecule has 0 saturated carbocycles. The van der Waals surface area contributed by atoms with E-state index in [0.717, 1.165) is 43.0 Å². The third kappa shape index (κ3) is 5.45. The van der Waals surface area contributed by atoms with E-state index >= 15 is 0 Å². The lowest BCUT2D eigenvalue weighted by atomic mass is 9.96. The first kappa shape index (κ1) is 21.8. The van der Waals surface area contributed by atoms with Crippen LogP contribution in [0.5, 0.6) is 0 Å². The number of nitrogens with one attached hydrogen (secondary N) is 3. The number of carbonyl (C=O) groups is 1. The molecule has 0 bridgehead atoms. The highest BCUT2D eigenvalue weighted by atomic mass is 16.4. The van der Waals surface area contributed by atoms with Crippen LogP contribution in [0, 0.1) is 0 Å². The third-order valence-corrected chi connectivity index (χ3v) is 5.86. The second kappa shape index (κ2) is 10.3. The summed E-state index contributed by atoms with van der Waals surface area (Å²) in [5.74, 6) is 0.0803. The summed E-state index contributed by atoms with van der Waals surface area (Å²) in [5, 5.41) is 20.0. The number of rotatable bonds is 9. The number of nitrogens with zero attached hydrogens (tertiary/aromatic N) is 1. The molecular weight excluding hydrogens is 400 g/mol. The van der Waals surface area contributed by atoms with Gasteiger partial charge in [-0.05, 0) is 53.8 Å². The monoisotopic (exact) mass is 430 g/mol. The van der Waals surface area contributed by atoms with E-state index in [1.54, 1.807) is 6.20 Å². The zero-order chi connectivity index (χ0) is 22.3. The first-order valence-electron chi connectivity index (χ1n) is 11.2. The van der Waals surface area contributed by atoms with Crippen LogP contribution >= 0.6 is 0 Å². The van der Waals surface area contributed by atoms with E-state index in [1.807, 2.05) is 30.3 Å². The second-order valence-electron chi connectivity index (χ2n) is 8.21. The molecule has 4 N–H and O–H groups in total. The number of hydrogen-bond acceptors (Lipinski definition) is 5. The second-order valence-corrected chi connectivity index (χ2v) is 8.21. The van der Waals surface area contributed by atoms with Crippen molar-refractivity contribution in [3.8, 4) is 0 Å². The number of pyridine rings is 1. The maximum Gasteiger partial charge on any atom is 0.307 e. The topological polar surface area (TPSA) is 86.3 Å². The van der Waals surface area contributed by atoms with Gasteiger partial charge in [-0.3, -0.25) is 4.79 Å². The van der Waals surface area contributed by atoms with Gasteiger partial charge >= 0.3 is 5.97 Å². The standard InChI is InChI=1S/C26H30N4O2/c1-2-18-13-19(15-20(14-18)16-24(31)32)10-12-27-25(21-7-4-3-5-8-21)23-17-29-22-9-6-11-28-26(22)30-23/h3-9,11,13-15,23,25,27,29H,2,10,12,16-17H2,1H3,(H,28,30)(H,31,32)/t23-,25-/m1/s1. The van der Waals surface area contributed by atoms with Crippen LogP contribution in [-0.2, 0) is 24.1 Å². The maximum atomic E-state index is 11.2. The molecule has 166 valence electrons. The zero-order valence-electron chi connectivity index (χ0n) is 18.3. The van der Waals surface area contributed by atoms with Gasteiger partial charge in [0.2, 0.25) is 0 Å². The van der Waals surface area contributed by atoms with Gasteiger partial charge in [-0.2, -0.15) is 0 Å². The molecule has 3 aromatic rings. The third-order valence-electron chi connectivity index (χ3n) is 5.86. The molecule has 2 atom stereocenters. The highest BCUT2D eigenvalue weighted by Crippen LogP contribution is 2.28. The summed E-state index contributed by atoms with van der Waals surface area (Å²) >= 11 is 0. The van der Waals surface area contributed by atoms with Crippen LogP contribution < -0.4 is 16.0 Å². The largest absolute Gasteiger partial charge is 0.481 e. The van der Waals surface area contributed by atoms with Gasteiger partial charge in [-0.15, -0.1) is 0 Å². The molecular formula is C26H30N4O2. The van der Waals surface area contributed by atoms with Crippen molar-refractivity contribution in [2.24, 2.45) is 0 Å². The smallest absolute Gasteiger partial charge is 0.307 e. The fourth-order valence-corrected chi connectivity index (χ4v) is 4.30. The van der Waals surface area contributed by atoms with E-state index in [1.165, 1.54) is 16.7 Å². The number of anilines is 2. The van der Waals surface area contributed by atoms with Gasteiger partial charge in [0.15, 0.2) is 0 Å². The maximum absolute atomic E-state index is 11.2. The molecule has 0 spiro atoms. The highest BCUT2D eigenvalue weighted by Gasteiger charge is 2.27. The van der Waals surface area contributed by atoms with Crippen LogP contribution in [0.2, 0.25) is 0 Å². The van der Waals surface area contributed by atoms with E-state index in [2.05, 4.69) is 58.2 Å². The summed E-state index contributed by atoms with van der Waals surface area (Å²) in [5.41, 5.74) is 5.46. The first-order valence-corrected chi connectivity index (χ1v) is 11.2. The van der Waals surface area contributed by atoms with Crippen LogP contribution in [0.1, 0.15) is 35.2 Å². The van der Waals surface area contributed by atoms with Crippen LogP contribution in [0.3, 0.4) is 0 Å². The van der Waals surface area contributed by atoms with E-state index in [9.17, 15) is 9.90 Å². The van der Waals surface area contributed by atoms with E-state index in [0.29, 0.717) is 0 Å². The van der Waals surface area contributed by atoms with Gasteiger partial charge in [0.25, 0.3) is 0 Å². The van der Waals surface area contributed by atoms with Gasteiger partial charge < -0.3 is 21.1 Å². The molecule has 1 aliphatic rings. The molecule has 32 heavy (non-hydrogen) atoms. The molecule has 1 aliphatic heterocycles. The fourth-order valence-electron chi connectivity index (χ4n) is 4.30. The molecule has 0 amide bonds. The van der Waals surface area contributed by atoms with Crippen LogP contribution in [0.15, 0.2) is 66.9 Å². The van der Waals surface area contributed by atoms with E-state index < -0.39 is 5.97 Å². The van der Waals surface area contributed by atoms with Crippen molar-refractivity contribution in [2.75, 3.05) is 23.7 Å². The Morgan fingerprint density at radius 2 is 1.91 bits per heavy atom. The number of fused-ring (bicyclic) bond motifs is 1. The molecule has 0 unspecified atom stereocenters. The van der Waals surface area contributed by atoms with Gasteiger partial charge in [0, 0.05) is 12.7 Å². The Hall–Kier alpha value is -3.38.